The number of hydrogen-bond acceptors (Lipinski definition) is 3. The van der Waals surface area contributed by atoms with Gasteiger partial charge in [-0.25, -0.2) is 9.97 Å². The second-order valence-electron chi connectivity index (χ2n) is 9.52. The van der Waals surface area contributed by atoms with Crippen LogP contribution in [0.4, 0.5) is 0 Å². The van der Waals surface area contributed by atoms with Gasteiger partial charge in [-0.1, -0.05) is 42.5 Å². The zero-order valence-electron chi connectivity index (χ0n) is 20.1. The molecule has 0 N–H and O–H groups in total. The molecule has 7 nitrogen and oxygen atoms in total. The summed E-state index contributed by atoms with van der Waals surface area (Å²) in [6.45, 7) is 0. The number of pyridine rings is 1. The monoisotopic (exact) mass is 489 g/mol. The predicted octanol–water partition coefficient (Wildman–Crippen LogP) is 6.57. The van der Waals surface area contributed by atoms with E-state index in [-0.39, 0.29) is 0 Å². The first-order valence-corrected chi connectivity index (χ1v) is 12.6. The number of aromatic nitrogens is 7. The fourth-order valence-corrected chi connectivity index (χ4v) is 5.89. The van der Waals surface area contributed by atoms with Crippen molar-refractivity contribution >= 4 is 55.7 Å². The summed E-state index contributed by atoms with van der Waals surface area (Å²) >= 11 is 0. The Morgan fingerprint density at radius 3 is 1.63 bits per heavy atom. The molecule has 9 rings (SSSR count). The summed E-state index contributed by atoms with van der Waals surface area (Å²) in [5, 5.41) is 0. The van der Waals surface area contributed by atoms with Gasteiger partial charge in [0, 0.05) is 6.20 Å². The van der Waals surface area contributed by atoms with Crippen LogP contribution in [-0.4, -0.2) is 32.9 Å². The summed E-state index contributed by atoms with van der Waals surface area (Å²) in [5.41, 5.74) is 10.5. The van der Waals surface area contributed by atoms with E-state index in [4.69, 9.17) is 9.97 Å². The molecule has 0 atom stereocenters. The molecule has 178 valence electrons. The lowest BCUT2D eigenvalue weighted by molar-refractivity contribution is 1.08. The van der Waals surface area contributed by atoms with Crippen molar-refractivity contribution in [3.05, 3.63) is 116 Å². The summed E-state index contributed by atoms with van der Waals surface area (Å²) in [6, 6.07) is 35.8. The van der Waals surface area contributed by atoms with Gasteiger partial charge in [0.1, 0.15) is 5.52 Å². The molecule has 7 heteroatoms. The van der Waals surface area contributed by atoms with Crippen LogP contribution in [0, 0.1) is 0 Å². The molecule has 5 aromatic heterocycles. The van der Waals surface area contributed by atoms with Crippen LogP contribution >= 0.6 is 0 Å². The van der Waals surface area contributed by atoms with Gasteiger partial charge in [0.05, 0.1) is 56.2 Å². The average Bonchev–Trinajstić information content (AvgIpc) is 3.69. The molecule has 0 bridgehead atoms. The van der Waals surface area contributed by atoms with Crippen molar-refractivity contribution < 1.29 is 0 Å². The number of nitrogens with zero attached hydrogens (tertiary/aromatic N) is 7. The summed E-state index contributed by atoms with van der Waals surface area (Å²) in [7, 11) is 0. The van der Waals surface area contributed by atoms with Gasteiger partial charge >= 0.3 is 0 Å². The van der Waals surface area contributed by atoms with Gasteiger partial charge < -0.3 is 0 Å². The third-order valence-electron chi connectivity index (χ3n) is 7.46. The van der Waals surface area contributed by atoms with Crippen LogP contribution in [0.15, 0.2) is 116 Å². The number of rotatable bonds is 2. The maximum absolute atomic E-state index is 5.05. The van der Waals surface area contributed by atoms with Gasteiger partial charge in [0.2, 0.25) is 11.6 Å². The zero-order valence-corrected chi connectivity index (χ0v) is 20.1. The lowest BCUT2D eigenvalue weighted by atomic mass is 10.2. The van der Waals surface area contributed by atoms with Gasteiger partial charge in [-0.15, -0.1) is 0 Å². The third-order valence-corrected chi connectivity index (χ3v) is 7.46. The Hall–Kier alpha value is -5.43. The number of imidazole rings is 4. The standard InChI is InChI=1S/C31H19N7/c1-2-11-24-22(10-1)33-30-35(26-12-3-5-14-28(26)37(24)30)20-8-7-9-21(18-20)36-27-13-4-6-15-29(27)38-25-16-17-32-19-23(25)34-31(36)38/h1-19H. The minimum absolute atomic E-state index is 0.861. The Labute approximate surface area is 215 Å². The van der Waals surface area contributed by atoms with E-state index in [1.54, 1.807) is 0 Å². The predicted molar refractivity (Wildman–Crippen MR) is 150 cm³/mol. The van der Waals surface area contributed by atoms with Crippen LogP contribution in [-0.2, 0) is 0 Å². The highest BCUT2D eigenvalue weighted by molar-refractivity contribution is 5.93. The van der Waals surface area contributed by atoms with Crippen LogP contribution in [0.2, 0.25) is 0 Å². The van der Waals surface area contributed by atoms with E-state index < -0.39 is 0 Å². The molecule has 0 radical (unpaired) electrons. The maximum Gasteiger partial charge on any atom is 0.220 e. The summed E-state index contributed by atoms with van der Waals surface area (Å²) < 4.78 is 8.93. The van der Waals surface area contributed by atoms with Gasteiger partial charge in [-0.2, -0.15) is 0 Å². The second-order valence-corrected chi connectivity index (χ2v) is 9.52. The highest BCUT2D eigenvalue weighted by Gasteiger charge is 2.19. The van der Waals surface area contributed by atoms with E-state index in [1.807, 2.05) is 24.5 Å². The highest BCUT2D eigenvalue weighted by Crippen LogP contribution is 2.32. The fraction of sp³-hybridized carbons (Fsp3) is 0. The van der Waals surface area contributed by atoms with Crippen molar-refractivity contribution in [3.8, 4) is 11.4 Å². The Morgan fingerprint density at radius 2 is 0.974 bits per heavy atom. The van der Waals surface area contributed by atoms with Crippen molar-refractivity contribution in [1.82, 2.24) is 32.9 Å². The van der Waals surface area contributed by atoms with Crippen LogP contribution < -0.4 is 0 Å². The number of para-hydroxylation sites is 6. The minimum Gasteiger partial charge on any atom is -0.278 e. The van der Waals surface area contributed by atoms with Crippen molar-refractivity contribution in [1.29, 1.82) is 0 Å². The molecule has 0 aliphatic rings. The zero-order chi connectivity index (χ0) is 24.8. The molecule has 0 aliphatic carbocycles. The normalized spacial score (nSPS) is 12.2. The van der Waals surface area contributed by atoms with E-state index in [1.165, 1.54) is 0 Å². The molecule has 0 amide bonds. The quantitative estimate of drug-likeness (QED) is 0.276. The number of hydrogen-bond donors (Lipinski definition) is 0. The second kappa shape index (κ2) is 7.08. The molecule has 0 fully saturated rings. The molecule has 4 aromatic carbocycles. The maximum atomic E-state index is 5.05. The Morgan fingerprint density at radius 1 is 0.447 bits per heavy atom. The number of benzene rings is 4. The molecule has 0 spiro atoms. The topological polar surface area (TPSA) is 57.4 Å². The molecule has 38 heavy (non-hydrogen) atoms. The summed E-state index contributed by atoms with van der Waals surface area (Å²) in [5.74, 6) is 1.75. The smallest absolute Gasteiger partial charge is 0.220 e. The van der Waals surface area contributed by atoms with E-state index in [2.05, 4.69) is 114 Å². The molecule has 0 saturated heterocycles. The van der Waals surface area contributed by atoms with E-state index in [0.717, 1.165) is 67.1 Å². The molecule has 0 aliphatic heterocycles. The molecule has 0 unspecified atom stereocenters. The Kier molecular flexibility index (Phi) is 3.67. The molecule has 5 heterocycles. The van der Waals surface area contributed by atoms with Crippen molar-refractivity contribution in [2.24, 2.45) is 0 Å². The van der Waals surface area contributed by atoms with Crippen molar-refractivity contribution in [2.75, 3.05) is 0 Å². The average molecular weight is 490 g/mol. The molecular weight excluding hydrogens is 470 g/mol. The number of fused-ring (bicyclic) bond motifs is 10. The molecular formula is C31H19N7. The first kappa shape index (κ1) is 19.7. The van der Waals surface area contributed by atoms with Crippen molar-refractivity contribution in [3.63, 3.8) is 0 Å². The van der Waals surface area contributed by atoms with Crippen molar-refractivity contribution in [2.45, 2.75) is 0 Å². The highest BCUT2D eigenvalue weighted by atomic mass is 15.2. The minimum atomic E-state index is 0.861. The van der Waals surface area contributed by atoms with Crippen LogP contribution in [0.5, 0.6) is 0 Å². The third kappa shape index (κ3) is 2.44. The van der Waals surface area contributed by atoms with E-state index in [9.17, 15) is 0 Å². The molecule has 9 aromatic rings. The molecule has 0 saturated carbocycles. The lowest BCUT2D eigenvalue weighted by Crippen LogP contribution is -1.99. The fourth-order valence-electron chi connectivity index (χ4n) is 5.89. The largest absolute Gasteiger partial charge is 0.278 e. The summed E-state index contributed by atoms with van der Waals surface area (Å²) in [6.07, 6.45) is 3.64. The van der Waals surface area contributed by atoms with Gasteiger partial charge in [-0.3, -0.25) is 22.9 Å². The Bertz CT molecular complexity index is 2200. The van der Waals surface area contributed by atoms with Gasteiger partial charge in [0.25, 0.3) is 0 Å². The Balaban J connectivity index is 1.37. The first-order valence-electron chi connectivity index (χ1n) is 12.6. The summed E-state index contributed by atoms with van der Waals surface area (Å²) in [4.78, 5) is 14.3. The first-order chi connectivity index (χ1) is 18.9. The SMILES string of the molecule is c1cc(-n2c3ccccc3n3c4ccccc4nc23)cc(-n2c3ccccc3n3c4ccncc4nc23)c1. The van der Waals surface area contributed by atoms with Gasteiger partial charge in [0.15, 0.2) is 0 Å². The lowest BCUT2D eigenvalue weighted by Gasteiger charge is -2.10. The van der Waals surface area contributed by atoms with E-state index in [0.29, 0.717) is 0 Å². The van der Waals surface area contributed by atoms with Crippen LogP contribution in [0.1, 0.15) is 0 Å². The van der Waals surface area contributed by atoms with Crippen LogP contribution in [0.25, 0.3) is 67.1 Å². The van der Waals surface area contributed by atoms with Gasteiger partial charge in [-0.05, 0) is 60.7 Å². The van der Waals surface area contributed by atoms with E-state index >= 15 is 0 Å². The van der Waals surface area contributed by atoms with Crippen LogP contribution in [0.3, 0.4) is 0 Å².